The van der Waals surface area contributed by atoms with Gasteiger partial charge in [-0.15, -0.1) is 0 Å². The monoisotopic (exact) mass is 275 g/mol. The first-order valence-corrected chi connectivity index (χ1v) is 8.11. The lowest BCUT2D eigenvalue weighted by atomic mass is 9.81. The second-order valence-corrected chi connectivity index (χ2v) is 6.21. The predicted octanol–water partition coefficient (Wildman–Crippen LogP) is 3.55. The van der Waals surface area contributed by atoms with E-state index in [1.54, 1.807) is 0 Å². The smallest absolute Gasteiger partial charge is 0.0763 e. The lowest BCUT2D eigenvalue weighted by molar-refractivity contribution is -0.0269. The third kappa shape index (κ3) is 3.07. The van der Waals surface area contributed by atoms with E-state index in [-0.39, 0.29) is 11.6 Å². The van der Waals surface area contributed by atoms with Crippen LogP contribution >= 0.6 is 0 Å². The van der Waals surface area contributed by atoms with Gasteiger partial charge in [0.2, 0.25) is 0 Å². The van der Waals surface area contributed by atoms with Crippen LogP contribution in [-0.2, 0) is 6.42 Å². The summed E-state index contributed by atoms with van der Waals surface area (Å²) < 4.78 is 0. The van der Waals surface area contributed by atoms with Gasteiger partial charge in [0.15, 0.2) is 0 Å². The molecule has 1 unspecified atom stereocenters. The van der Waals surface area contributed by atoms with Crippen LogP contribution in [0.3, 0.4) is 0 Å². The Labute approximate surface area is 123 Å². The largest absolute Gasteiger partial charge is 0.391 e. The van der Waals surface area contributed by atoms with Gasteiger partial charge in [0.25, 0.3) is 0 Å². The zero-order chi connectivity index (χ0) is 14.6. The minimum absolute atomic E-state index is 0.0403. The van der Waals surface area contributed by atoms with E-state index in [0.29, 0.717) is 0 Å². The van der Waals surface area contributed by atoms with Crippen molar-refractivity contribution >= 4 is 0 Å². The summed E-state index contributed by atoms with van der Waals surface area (Å²) in [6.45, 7) is 8.84. The Balaban J connectivity index is 2.13. The fourth-order valence-corrected chi connectivity index (χ4v) is 3.68. The predicted molar refractivity (Wildman–Crippen MR) is 85.0 cm³/mol. The Kier molecular flexibility index (Phi) is 5.22. The summed E-state index contributed by atoms with van der Waals surface area (Å²) in [6, 6.07) is 8.58. The fourth-order valence-electron chi connectivity index (χ4n) is 3.68. The van der Waals surface area contributed by atoms with Gasteiger partial charge in [0.05, 0.1) is 6.10 Å². The molecule has 1 heterocycles. The maximum absolute atomic E-state index is 10.9. The molecule has 0 bridgehead atoms. The Morgan fingerprint density at radius 3 is 2.15 bits per heavy atom. The van der Waals surface area contributed by atoms with Gasteiger partial charge in [-0.05, 0) is 51.3 Å². The van der Waals surface area contributed by atoms with Crippen LogP contribution in [0.4, 0.5) is 0 Å². The van der Waals surface area contributed by atoms with Gasteiger partial charge in [-0.3, -0.25) is 4.90 Å². The van der Waals surface area contributed by atoms with Crippen LogP contribution in [0.15, 0.2) is 24.3 Å². The van der Waals surface area contributed by atoms with Crippen molar-refractivity contribution in [1.82, 2.24) is 4.90 Å². The van der Waals surface area contributed by atoms with Crippen LogP contribution in [0.25, 0.3) is 0 Å². The van der Waals surface area contributed by atoms with Crippen molar-refractivity contribution in [1.29, 1.82) is 0 Å². The Bertz CT molecular complexity index is 402. The number of benzene rings is 1. The highest BCUT2D eigenvalue weighted by molar-refractivity contribution is 5.22. The summed E-state index contributed by atoms with van der Waals surface area (Å²) in [5.41, 5.74) is 2.48. The Morgan fingerprint density at radius 2 is 1.65 bits per heavy atom. The molecule has 1 atom stereocenters. The molecule has 1 aromatic carbocycles. The average Bonchev–Trinajstić information content (AvgIpc) is 2.98. The van der Waals surface area contributed by atoms with Crippen LogP contribution in [0.5, 0.6) is 0 Å². The number of rotatable bonds is 6. The maximum atomic E-state index is 10.9. The third-order valence-corrected chi connectivity index (χ3v) is 5.13. The van der Waals surface area contributed by atoms with Gasteiger partial charge in [-0.25, -0.2) is 0 Å². The molecular weight excluding hydrogens is 246 g/mol. The van der Waals surface area contributed by atoms with Crippen LogP contribution < -0.4 is 0 Å². The lowest BCUT2D eigenvalue weighted by Gasteiger charge is -2.44. The molecule has 1 fully saturated rings. The van der Waals surface area contributed by atoms with Gasteiger partial charge in [0.1, 0.15) is 0 Å². The zero-order valence-electron chi connectivity index (χ0n) is 13.2. The molecule has 0 saturated carbocycles. The van der Waals surface area contributed by atoms with E-state index in [9.17, 15) is 5.11 Å². The summed E-state index contributed by atoms with van der Waals surface area (Å²) in [4.78, 5) is 2.53. The van der Waals surface area contributed by atoms with E-state index in [2.05, 4.69) is 49.9 Å². The van der Waals surface area contributed by atoms with Crippen molar-refractivity contribution in [2.45, 2.75) is 64.5 Å². The molecule has 0 radical (unpaired) electrons. The van der Waals surface area contributed by atoms with Gasteiger partial charge >= 0.3 is 0 Å². The second kappa shape index (κ2) is 6.73. The highest BCUT2D eigenvalue weighted by Crippen LogP contribution is 2.33. The van der Waals surface area contributed by atoms with E-state index >= 15 is 0 Å². The van der Waals surface area contributed by atoms with E-state index < -0.39 is 0 Å². The molecule has 1 aromatic rings. The standard InChI is InChI=1S/C18H29NO/c1-4-18(5-2,19-12-6-7-13-19)17(20)14-16-10-8-15(3)9-11-16/h8-11,17,20H,4-7,12-14H2,1-3H3. The van der Waals surface area contributed by atoms with Crippen molar-refractivity contribution < 1.29 is 5.11 Å². The molecule has 2 nitrogen and oxygen atoms in total. The minimum Gasteiger partial charge on any atom is -0.391 e. The summed E-state index contributed by atoms with van der Waals surface area (Å²) in [5.74, 6) is 0. The number of aliphatic hydroxyl groups is 1. The minimum atomic E-state index is -0.279. The van der Waals surface area contributed by atoms with Crippen molar-refractivity contribution in [3.8, 4) is 0 Å². The quantitative estimate of drug-likeness (QED) is 0.858. The summed E-state index contributed by atoms with van der Waals surface area (Å²) in [5, 5.41) is 10.9. The highest BCUT2D eigenvalue weighted by Gasteiger charge is 2.41. The molecule has 0 amide bonds. The maximum Gasteiger partial charge on any atom is 0.0763 e. The first-order chi connectivity index (χ1) is 9.62. The molecule has 1 aliphatic heterocycles. The normalized spacial score (nSPS) is 18.4. The van der Waals surface area contributed by atoms with Crippen LogP contribution in [0, 0.1) is 6.92 Å². The number of aryl methyl sites for hydroxylation is 1. The average molecular weight is 275 g/mol. The number of likely N-dealkylation sites (tertiary alicyclic amines) is 1. The summed E-state index contributed by atoms with van der Waals surface area (Å²) in [6.07, 6.45) is 5.09. The first kappa shape index (κ1) is 15.5. The molecule has 1 N–H and O–H groups in total. The first-order valence-electron chi connectivity index (χ1n) is 8.11. The summed E-state index contributed by atoms with van der Waals surface area (Å²) in [7, 11) is 0. The van der Waals surface area contributed by atoms with Crippen molar-refractivity contribution in [3.05, 3.63) is 35.4 Å². The van der Waals surface area contributed by atoms with Gasteiger partial charge < -0.3 is 5.11 Å². The highest BCUT2D eigenvalue weighted by atomic mass is 16.3. The Morgan fingerprint density at radius 1 is 1.10 bits per heavy atom. The van der Waals surface area contributed by atoms with Crippen molar-refractivity contribution in [2.24, 2.45) is 0 Å². The van der Waals surface area contributed by atoms with Crippen LogP contribution in [-0.4, -0.2) is 34.7 Å². The molecular formula is C18H29NO. The lowest BCUT2D eigenvalue weighted by Crippen LogP contribution is -2.55. The second-order valence-electron chi connectivity index (χ2n) is 6.21. The van der Waals surface area contributed by atoms with E-state index in [4.69, 9.17) is 0 Å². The molecule has 2 heteroatoms. The van der Waals surface area contributed by atoms with Crippen molar-refractivity contribution in [3.63, 3.8) is 0 Å². The third-order valence-electron chi connectivity index (χ3n) is 5.13. The van der Waals surface area contributed by atoms with Gasteiger partial charge in [0, 0.05) is 12.0 Å². The van der Waals surface area contributed by atoms with Crippen LogP contribution in [0.1, 0.15) is 50.7 Å². The van der Waals surface area contributed by atoms with E-state index in [1.165, 1.54) is 24.0 Å². The number of hydrogen-bond acceptors (Lipinski definition) is 2. The molecule has 20 heavy (non-hydrogen) atoms. The topological polar surface area (TPSA) is 23.5 Å². The molecule has 1 aliphatic rings. The molecule has 0 aromatic heterocycles. The molecule has 0 spiro atoms. The van der Waals surface area contributed by atoms with Crippen molar-refractivity contribution in [2.75, 3.05) is 13.1 Å². The number of aliphatic hydroxyl groups excluding tert-OH is 1. The van der Waals surface area contributed by atoms with Gasteiger partial charge in [-0.1, -0.05) is 43.7 Å². The number of nitrogens with zero attached hydrogens (tertiary/aromatic N) is 1. The zero-order valence-corrected chi connectivity index (χ0v) is 13.2. The van der Waals surface area contributed by atoms with Gasteiger partial charge in [-0.2, -0.15) is 0 Å². The Hall–Kier alpha value is -0.860. The molecule has 112 valence electrons. The van der Waals surface area contributed by atoms with E-state index in [0.717, 1.165) is 32.4 Å². The molecule has 2 rings (SSSR count). The SMILES string of the molecule is CCC(CC)(C(O)Cc1ccc(C)cc1)N1CCCC1. The number of hydrogen-bond donors (Lipinski definition) is 1. The molecule has 0 aliphatic carbocycles. The van der Waals surface area contributed by atoms with E-state index in [1.807, 2.05) is 0 Å². The molecule has 1 saturated heterocycles. The fraction of sp³-hybridized carbons (Fsp3) is 0.667. The van der Waals surface area contributed by atoms with Crippen LogP contribution in [0.2, 0.25) is 0 Å². The summed E-state index contributed by atoms with van der Waals surface area (Å²) >= 11 is 0.